The third kappa shape index (κ3) is 3.93. The minimum atomic E-state index is -0.489. The van der Waals surface area contributed by atoms with Gasteiger partial charge in [-0.2, -0.15) is 10.4 Å². The monoisotopic (exact) mass is 360 g/mol. The summed E-state index contributed by atoms with van der Waals surface area (Å²) in [6.07, 6.45) is 1.52. The van der Waals surface area contributed by atoms with Gasteiger partial charge in [-0.05, 0) is 56.3 Å². The molecule has 0 fully saturated rings. The van der Waals surface area contributed by atoms with Gasteiger partial charge in [0.15, 0.2) is 0 Å². The number of para-hydroxylation sites is 1. The van der Waals surface area contributed by atoms with Gasteiger partial charge in [0.05, 0.1) is 11.4 Å². The number of nitrogens with zero attached hydrogens (tertiary/aromatic N) is 3. The van der Waals surface area contributed by atoms with E-state index in [4.69, 9.17) is 0 Å². The van der Waals surface area contributed by atoms with Crippen molar-refractivity contribution < 1.29 is 9.18 Å². The van der Waals surface area contributed by atoms with E-state index in [1.807, 2.05) is 19.1 Å². The zero-order valence-corrected chi connectivity index (χ0v) is 14.9. The molecule has 3 rings (SSSR count). The summed E-state index contributed by atoms with van der Waals surface area (Å²) in [5, 5.41) is 16.6. The Labute approximate surface area is 156 Å². The van der Waals surface area contributed by atoms with Crippen molar-refractivity contribution in [1.29, 1.82) is 5.26 Å². The summed E-state index contributed by atoms with van der Waals surface area (Å²) >= 11 is 0. The number of carbonyl (C=O) groups excluding carboxylic acids is 1. The lowest BCUT2D eigenvalue weighted by atomic mass is 10.1. The molecular weight excluding hydrogens is 343 g/mol. The van der Waals surface area contributed by atoms with E-state index < -0.39 is 5.91 Å². The Morgan fingerprint density at radius 2 is 1.81 bits per heavy atom. The van der Waals surface area contributed by atoms with Crippen LogP contribution in [0.25, 0.3) is 11.8 Å². The number of amides is 1. The van der Waals surface area contributed by atoms with Crippen LogP contribution in [-0.4, -0.2) is 15.7 Å². The zero-order chi connectivity index (χ0) is 19.4. The smallest absolute Gasteiger partial charge is 0.266 e. The van der Waals surface area contributed by atoms with E-state index in [1.54, 1.807) is 48.0 Å². The Morgan fingerprint density at radius 1 is 1.15 bits per heavy atom. The van der Waals surface area contributed by atoms with Crippen LogP contribution in [-0.2, 0) is 4.79 Å². The van der Waals surface area contributed by atoms with Crippen molar-refractivity contribution in [3.8, 4) is 11.8 Å². The second-order valence-electron chi connectivity index (χ2n) is 5.96. The van der Waals surface area contributed by atoms with Gasteiger partial charge in [-0.15, -0.1) is 0 Å². The molecule has 1 N–H and O–H groups in total. The Hall–Kier alpha value is -3.72. The molecule has 1 aromatic heterocycles. The quantitative estimate of drug-likeness (QED) is 0.561. The first-order chi connectivity index (χ1) is 13.0. The molecule has 1 heterocycles. The fourth-order valence-electron chi connectivity index (χ4n) is 2.71. The molecule has 0 bridgehead atoms. The van der Waals surface area contributed by atoms with Crippen molar-refractivity contribution >= 4 is 17.7 Å². The lowest BCUT2D eigenvalue weighted by Gasteiger charge is -2.05. The van der Waals surface area contributed by atoms with Gasteiger partial charge in [-0.1, -0.05) is 18.2 Å². The molecular formula is C21H17FN4O. The molecule has 134 valence electrons. The van der Waals surface area contributed by atoms with Crippen LogP contribution < -0.4 is 5.32 Å². The average molecular weight is 360 g/mol. The largest absolute Gasteiger partial charge is 0.321 e. The van der Waals surface area contributed by atoms with Crippen molar-refractivity contribution in [2.75, 3.05) is 5.32 Å². The number of rotatable bonds is 4. The number of nitrogens with one attached hydrogen (secondary N) is 1. The number of hydrogen-bond acceptors (Lipinski definition) is 3. The Kier molecular flexibility index (Phi) is 5.13. The molecule has 0 unspecified atom stereocenters. The van der Waals surface area contributed by atoms with Gasteiger partial charge in [0.25, 0.3) is 5.91 Å². The second kappa shape index (κ2) is 7.67. The van der Waals surface area contributed by atoms with Crippen LogP contribution in [0.5, 0.6) is 0 Å². The first kappa shape index (κ1) is 18.1. The maximum Gasteiger partial charge on any atom is 0.266 e. The van der Waals surface area contributed by atoms with Crippen molar-refractivity contribution in [1.82, 2.24) is 9.78 Å². The summed E-state index contributed by atoms with van der Waals surface area (Å²) in [5.41, 5.74) is 3.38. The minimum absolute atomic E-state index is 0.0243. The first-order valence-electron chi connectivity index (χ1n) is 8.30. The van der Waals surface area contributed by atoms with E-state index >= 15 is 0 Å². The summed E-state index contributed by atoms with van der Waals surface area (Å²) in [7, 11) is 0. The molecule has 0 saturated carbocycles. The Morgan fingerprint density at radius 3 is 2.44 bits per heavy atom. The van der Waals surface area contributed by atoms with Crippen LogP contribution in [0, 0.1) is 31.0 Å². The normalized spacial score (nSPS) is 11.1. The number of halogens is 1. The van der Waals surface area contributed by atoms with E-state index in [9.17, 15) is 14.4 Å². The van der Waals surface area contributed by atoms with Gasteiger partial charge >= 0.3 is 0 Å². The number of benzene rings is 2. The summed E-state index contributed by atoms with van der Waals surface area (Å²) in [6.45, 7) is 3.63. The highest BCUT2D eigenvalue weighted by atomic mass is 19.1. The first-order valence-corrected chi connectivity index (χ1v) is 8.30. The molecule has 3 aromatic rings. The molecule has 0 aliphatic heterocycles. The van der Waals surface area contributed by atoms with Gasteiger partial charge < -0.3 is 5.32 Å². The minimum Gasteiger partial charge on any atom is -0.321 e. The van der Waals surface area contributed by atoms with Crippen LogP contribution in [0.15, 0.2) is 60.2 Å². The molecule has 0 spiro atoms. The third-order valence-corrected chi connectivity index (χ3v) is 4.10. The number of aromatic nitrogens is 2. The van der Waals surface area contributed by atoms with Crippen molar-refractivity contribution in [2.24, 2.45) is 0 Å². The third-order valence-electron chi connectivity index (χ3n) is 4.10. The molecule has 0 aliphatic carbocycles. The van der Waals surface area contributed by atoms with Crippen LogP contribution >= 0.6 is 0 Å². The predicted molar refractivity (Wildman–Crippen MR) is 102 cm³/mol. The van der Waals surface area contributed by atoms with Crippen molar-refractivity contribution in [3.05, 3.63) is 82.9 Å². The zero-order valence-electron chi connectivity index (χ0n) is 14.9. The molecule has 2 aromatic carbocycles. The molecule has 5 nitrogen and oxygen atoms in total. The molecule has 27 heavy (non-hydrogen) atoms. The van der Waals surface area contributed by atoms with E-state index in [0.717, 1.165) is 5.69 Å². The maximum atomic E-state index is 13.2. The van der Waals surface area contributed by atoms with Crippen LogP contribution in [0.1, 0.15) is 17.0 Å². The topological polar surface area (TPSA) is 70.7 Å². The number of hydrogen-bond donors (Lipinski definition) is 1. The summed E-state index contributed by atoms with van der Waals surface area (Å²) < 4.78 is 14.8. The Balaban J connectivity index is 1.94. The fourth-order valence-corrected chi connectivity index (χ4v) is 2.71. The van der Waals surface area contributed by atoms with E-state index in [1.165, 1.54) is 18.2 Å². The lowest BCUT2D eigenvalue weighted by molar-refractivity contribution is -0.112. The van der Waals surface area contributed by atoms with Gasteiger partial charge in [0, 0.05) is 16.9 Å². The number of nitriles is 1. The van der Waals surface area contributed by atoms with Gasteiger partial charge in [0.1, 0.15) is 17.5 Å². The predicted octanol–water partition coefficient (Wildman–Crippen LogP) is 4.17. The standard InChI is InChI=1S/C21H17FN4O/c1-14-20(15(2)26(25-14)19-10-8-17(22)9-11-19)12-16(13-23)21(27)24-18-6-4-3-5-7-18/h3-12H,1-2H3,(H,24,27). The average Bonchev–Trinajstić information content (AvgIpc) is 2.95. The van der Waals surface area contributed by atoms with Crippen LogP contribution in [0.2, 0.25) is 0 Å². The van der Waals surface area contributed by atoms with E-state index in [0.29, 0.717) is 22.6 Å². The van der Waals surface area contributed by atoms with E-state index in [-0.39, 0.29) is 11.4 Å². The van der Waals surface area contributed by atoms with Crippen LogP contribution in [0.4, 0.5) is 10.1 Å². The molecule has 1 amide bonds. The van der Waals surface area contributed by atoms with Crippen molar-refractivity contribution in [2.45, 2.75) is 13.8 Å². The number of anilines is 1. The number of aryl methyl sites for hydroxylation is 1. The molecule has 0 aliphatic rings. The Bertz CT molecular complexity index is 1040. The number of carbonyl (C=O) groups is 1. The summed E-state index contributed by atoms with van der Waals surface area (Å²) in [4.78, 5) is 12.4. The SMILES string of the molecule is Cc1nn(-c2ccc(F)cc2)c(C)c1C=C(C#N)C(=O)Nc1ccccc1. The van der Waals surface area contributed by atoms with Gasteiger partial charge in [0.2, 0.25) is 0 Å². The molecule has 0 radical (unpaired) electrons. The van der Waals surface area contributed by atoms with Crippen molar-refractivity contribution in [3.63, 3.8) is 0 Å². The molecule has 6 heteroatoms. The summed E-state index contributed by atoms with van der Waals surface area (Å²) in [6, 6.07) is 16.8. The molecule has 0 saturated heterocycles. The fraction of sp³-hybridized carbons (Fsp3) is 0.0952. The van der Waals surface area contributed by atoms with Gasteiger partial charge in [-0.3, -0.25) is 4.79 Å². The van der Waals surface area contributed by atoms with Gasteiger partial charge in [-0.25, -0.2) is 9.07 Å². The second-order valence-corrected chi connectivity index (χ2v) is 5.96. The highest BCUT2D eigenvalue weighted by Gasteiger charge is 2.15. The lowest BCUT2D eigenvalue weighted by Crippen LogP contribution is -2.13. The summed E-state index contributed by atoms with van der Waals surface area (Å²) in [5.74, 6) is -0.818. The van der Waals surface area contributed by atoms with Crippen LogP contribution in [0.3, 0.4) is 0 Å². The maximum absolute atomic E-state index is 13.2. The molecule has 0 atom stereocenters. The highest BCUT2D eigenvalue weighted by molar-refractivity contribution is 6.09. The highest BCUT2D eigenvalue weighted by Crippen LogP contribution is 2.21. The van der Waals surface area contributed by atoms with E-state index in [2.05, 4.69) is 10.4 Å².